The van der Waals surface area contributed by atoms with Gasteiger partial charge < -0.3 is 9.47 Å². The standard InChI is InChI=1S/C28H35NO3/c1-19(2)29-17-24(15-22-11-7-9-13-26(22)31-20(3)4)28(30)25(18-29)16-23-12-8-10-14-27(23)32-21(5)6/h7-16,19-21H,17-18H2,1-6H3. The maximum Gasteiger partial charge on any atom is 0.187 e. The van der Waals surface area contributed by atoms with Crippen LogP contribution in [-0.4, -0.2) is 42.0 Å². The van der Waals surface area contributed by atoms with E-state index in [4.69, 9.17) is 9.47 Å². The molecule has 1 heterocycles. The van der Waals surface area contributed by atoms with Crippen molar-refractivity contribution in [3.05, 3.63) is 70.8 Å². The Kier molecular flexibility index (Phi) is 7.92. The zero-order valence-corrected chi connectivity index (χ0v) is 20.1. The summed E-state index contributed by atoms with van der Waals surface area (Å²) in [6.07, 6.45) is 4.10. The molecular weight excluding hydrogens is 398 g/mol. The van der Waals surface area contributed by atoms with E-state index in [0.29, 0.717) is 19.1 Å². The molecule has 32 heavy (non-hydrogen) atoms. The maximum absolute atomic E-state index is 13.5. The van der Waals surface area contributed by atoms with E-state index in [0.717, 1.165) is 33.8 Å². The highest BCUT2D eigenvalue weighted by Gasteiger charge is 2.28. The summed E-state index contributed by atoms with van der Waals surface area (Å²) in [6, 6.07) is 16.1. The summed E-state index contributed by atoms with van der Waals surface area (Å²) in [6.45, 7) is 13.6. The van der Waals surface area contributed by atoms with Gasteiger partial charge in [-0.05, 0) is 65.8 Å². The van der Waals surface area contributed by atoms with Crippen LogP contribution in [0.3, 0.4) is 0 Å². The first kappa shape index (κ1) is 23.8. The number of piperidine rings is 1. The van der Waals surface area contributed by atoms with Gasteiger partial charge in [-0.3, -0.25) is 9.69 Å². The topological polar surface area (TPSA) is 38.8 Å². The lowest BCUT2D eigenvalue weighted by atomic mass is 9.93. The van der Waals surface area contributed by atoms with Crippen molar-refractivity contribution < 1.29 is 14.3 Å². The van der Waals surface area contributed by atoms with Crippen molar-refractivity contribution in [2.75, 3.05) is 13.1 Å². The largest absolute Gasteiger partial charge is 0.490 e. The van der Waals surface area contributed by atoms with E-state index in [2.05, 4.69) is 18.7 Å². The third kappa shape index (κ3) is 6.10. The summed E-state index contributed by atoms with van der Waals surface area (Å²) < 4.78 is 11.9. The average molecular weight is 434 g/mol. The zero-order valence-electron chi connectivity index (χ0n) is 20.1. The lowest BCUT2D eigenvalue weighted by Crippen LogP contribution is -2.41. The van der Waals surface area contributed by atoms with Crippen LogP contribution in [0.2, 0.25) is 0 Å². The molecule has 170 valence electrons. The van der Waals surface area contributed by atoms with Crippen molar-refractivity contribution in [3.63, 3.8) is 0 Å². The molecule has 0 bridgehead atoms. The molecule has 1 fully saturated rings. The molecule has 0 amide bonds. The lowest BCUT2D eigenvalue weighted by molar-refractivity contribution is -0.113. The Bertz CT molecular complexity index is 926. The minimum absolute atomic E-state index is 0.0664. The smallest absolute Gasteiger partial charge is 0.187 e. The molecule has 0 N–H and O–H groups in total. The number of benzene rings is 2. The minimum atomic E-state index is 0.0664. The second kappa shape index (κ2) is 10.6. The zero-order chi connectivity index (χ0) is 23.3. The molecule has 0 aromatic heterocycles. The van der Waals surface area contributed by atoms with Crippen molar-refractivity contribution >= 4 is 17.9 Å². The first-order chi connectivity index (χ1) is 15.2. The fraction of sp³-hybridized carbons (Fsp3) is 0.393. The number of rotatable bonds is 7. The maximum atomic E-state index is 13.5. The Labute approximate surface area is 192 Å². The number of ketones is 1. The number of carbonyl (C=O) groups is 1. The van der Waals surface area contributed by atoms with Gasteiger partial charge in [0.1, 0.15) is 11.5 Å². The fourth-order valence-corrected chi connectivity index (χ4v) is 3.73. The number of para-hydroxylation sites is 2. The Hall–Kier alpha value is -2.85. The van der Waals surface area contributed by atoms with Gasteiger partial charge in [-0.1, -0.05) is 36.4 Å². The summed E-state index contributed by atoms with van der Waals surface area (Å²) in [7, 11) is 0. The summed E-state index contributed by atoms with van der Waals surface area (Å²) in [5.74, 6) is 1.68. The number of Topliss-reactive ketones (excluding diaryl/α,β-unsaturated/α-hetero) is 1. The highest BCUT2D eigenvalue weighted by molar-refractivity contribution is 6.14. The number of ether oxygens (including phenoxy) is 2. The van der Waals surface area contributed by atoms with E-state index in [-0.39, 0.29) is 18.0 Å². The van der Waals surface area contributed by atoms with Gasteiger partial charge in [0.2, 0.25) is 0 Å². The number of likely N-dealkylation sites (tertiary alicyclic amines) is 1. The van der Waals surface area contributed by atoms with Crippen LogP contribution in [0.25, 0.3) is 12.2 Å². The highest BCUT2D eigenvalue weighted by atomic mass is 16.5. The molecule has 1 aliphatic rings. The third-order valence-corrected chi connectivity index (χ3v) is 5.28. The molecule has 0 atom stereocenters. The van der Waals surface area contributed by atoms with Crippen LogP contribution in [0, 0.1) is 0 Å². The van der Waals surface area contributed by atoms with Gasteiger partial charge in [-0.15, -0.1) is 0 Å². The molecule has 3 rings (SSSR count). The normalized spacial score (nSPS) is 17.7. The fourth-order valence-electron chi connectivity index (χ4n) is 3.73. The van der Waals surface area contributed by atoms with Crippen LogP contribution in [0.1, 0.15) is 52.7 Å². The number of hydrogen-bond donors (Lipinski definition) is 0. The summed E-state index contributed by atoms with van der Waals surface area (Å²) in [5.41, 5.74) is 3.41. The minimum Gasteiger partial charge on any atom is -0.490 e. The van der Waals surface area contributed by atoms with Gasteiger partial charge in [0.05, 0.1) is 12.2 Å². The third-order valence-electron chi connectivity index (χ3n) is 5.28. The average Bonchev–Trinajstić information content (AvgIpc) is 2.72. The quantitative estimate of drug-likeness (QED) is 0.501. The van der Waals surface area contributed by atoms with Crippen LogP contribution in [0.4, 0.5) is 0 Å². The molecule has 0 saturated carbocycles. The number of nitrogens with zero attached hydrogens (tertiary/aromatic N) is 1. The van der Waals surface area contributed by atoms with Crippen molar-refractivity contribution in [3.8, 4) is 11.5 Å². The SMILES string of the molecule is CC(C)Oc1ccccc1C=C1CN(C(C)C)CC(=Cc2ccccc2OC(C)C)C1=O. The molecule has 2 aromatic rings. The summed E-state index contributed by atoms with van der Waals surface area (Å²) in [4.78, 5) is 15.8. The predicted octanol–water partition coefficient (Wildman–Crippen LogP) is 6.02. The predicted molar refractivity (Wildman–Crippen MR) is 132 cm³/mol. The molecule has 0 spiro atoms. The van der Waals surface area contributed by atoms with E-state index in [1.54, 1.807) is 0 Å². The van der Waals surface area contributed by atoms with Gasteiger partial charge in [-0.2, -0.15) is 0 Å². The summed E-state index contributed by atoms with van der Waals surface area (Å²) >= 11 is 0. The van der Waals surface area contributed by atoms with Crippen LogP contribution >= 0.6 is 0 Å². The van der Waals surface area contributed by atoms with E-state index < -0.39 is 0 Å². The van der Waals surface area contributed by atoms with Crippen LogP contribution in [0.15, 0.2) is 59.7 Å². The number of carbonyl (C=O) groups excluding carboxylic acids is 1. The van der Waals surface area contributed by atoms with Gasteiger partial charge >= 0.3 is 0 Å². The summed E-state index contributed by atoms with van der Waals surface area (Å²) in [5, 5.41) is 0. The molecule has 1 saturated heterocycles. The molecule has 0 radical (unpaired) electrons. The van der Waals surface area contributed by atoms with Crippen molar-refractivity contribution in [2.45, 2.75) is 59.8 Å². The van der Waals surface area contributed by atoms with Gasteiger partial charge in [0.25, 0.3) is 0 Å². The molecule has 4 heteroatoms. The Morgan fingerprint density at radius 1 is 0.719 bits per heavy atom. The van der Waals surface area contributed by atoms with Crippen molar-refractivity contribution in [1.29, 1.82) is 0 Å². The molecule has 0 aliphatic carbocycles. The Morgan fingerprint density at radius 2 is 1.12 bits per heavy atom. The molecule has 2 aromatic carbocycles. The molecular formula is C28H35NO3. The molecule has 0 unspecified atom stereocenters. The van der Waals surface area contributed by atoms with Gasteiger partial charge in [0.15, 0.2) is 5.78 Å². The lowest BCUT2D eigenvalue weighted by Gasteiger charge is -2.33. The second-order valence-electron chi connectivity index (χ2n) is 9.08. The van der Waals surface area contributed by atoms with Gasteiger partial charge in [0, 0.05) is 41.4 Å². The molecule has 4 nitrogen and oxygen atoms in total. The Morgan fingerprint density at radius 3 is 1.50 bits per heavy atom. The van der Waals surface area contributed by atoms with E-state index in [9.17, 15) is 4.79 Å². The highest BCUT2D eigenvalue weighted by Crippen LogP contribution is 2.29. The van der Waals surface area contributed by atoms with Crippen LogP contribution < -0.4 is 9.47 Å². The monoisotopic (exact) mass is 433 g/mol. The molecule has 1 aliphatic heterocycles. The van der Waals surface area contributed by atoms with E-state index >= 15 is 0 Å². The first-order valence-electron chi connectivity index (χ1n) is 11.5. The van der Waals surface area contributed by atoms with Crippen molar-refractivity contribution in [1.82, 2.24) is 4.90 Å². The first-order valence-corrected chi connectivity index (χ1v) is 11.5. The Balaban J connectivity index is 2.02. The second-order valence-corrected chi connectivity index (χ2v) is 9.08. The van der Waals surface area contributed by atoms with Gasteiger partial charge in [-0.25, -0.2) is 0 Å². The van der Waals surface area contributed by atoms with E-state index in [1.165, 1.54) is 0 Å². The van der Waals surface area contributed by atoms with Crippen LogP contribution in [0.5, 0.6) is 11.5 Å². The van der Waals surface area contributed by atoms with Crippen LogP contribution in [-0.2, 0) is 4.79 Å². The van der Waals surface area contributed by atoms with E-state index in [1.807, 2.05) is 88.4 Å². The van der Waals surface area contributed by atoms with Crippen molar-refractivity contribution in [2.24, 2.45) is 0 Å². The number of hydrogen-bond acceptors (Lipinski definition) is 4.